The molecule has 1 aromatic heterocycles. The first-order chi connectivity index (χ1) is 6.75. The van der Waals surface area contributed by atoms with Crippen LogP contribution in [0.25, 0.3) is 0 Å². The summed E-state index contributed by atoms with van der Waals surface area (Å²) < 4.78 is 0. The Balaban J connectivity index is 1.92. The van der Waals surface area contributed by atoms with Crippen LogP contribution in [0.2, 0.25) is 0 Å². The summed E-state index contributed by atoms with van der Waals surface area (Å²) in [5, 5.41) is 3.66. The van der Waals surface area contributed by atoms with Crippen LogP contribution in [0.4, 0.5) is 0 Å². The number of nitrogens with one attached hydrogen (secondary N) is 1. The van der Waals surface area contributed by atoms with Crippen LogP contribution in [-0.2, 0) is 0 Å². The van der Waals surface area contributed by atoms with Gasteiger partial charge in [-0.05, 0) is 38.8 Å². The molecule has 1 aliphatic rings. The van der Waals surface area contributed by atoms with Gasteiger partial charge >= 0.3 is 0 Å². The zero-order valence-corrected chi connectivity index (χ0v) is 9.60. The predicted molar refractivity (Wildman–Crippen MR) is 62.8 cm³/mol. The Morgan fingerprint density at radius 3 is 2.64 bits per heavy atom. The van der Waals surface area contributed by atoms with Crippen molar-refractivity contribution in [3.8, 4) is 0 Å². The lowest BCUT2D eigenvalue weighted by molar-refractivity contribution is 0.476. The van der Waals surface area contributed by atoms with E-state index < -0.39 is 0 Å². The first-order valence-corrected chi connectivity index (χ1v) is 6.05. The zero-order valence-electron chi connectivity index (χ0n) is 8.79. The molecule has 0 fully saturated rings. The van der Waals surface area contributed by atoms with Crippen molar-refractivity contribution in [2.75, 3.05) is 0 Å². The van der Waals surface area contributed by atoms with Gasteiger partial charge in [0.2, 0.25) is 0 Å². The van der Waals surface area contributed by atoms with E-state index in [1.54, 1.807) is 0 Å². The fraction of sp³-hybridized carbons (Fsp3) is 0.500. The van der Waals surface area contributed by atoms with E-state index in [0.717, 1.165) is 0 Å². The molecule has 1 unspecified atom stereocenters. The Labute approximate surface area is 89.8 Å². The van der Waals surface area contributed by atoms with E-state index in [9.17, 15) is 0 Å². The summed E-state index contributed by atoms with van der Waals surface area (Å²) in [7, 11) is 0. The van der Waals surface area contributed by atoms with Crippen molar-refractivity contribution in [3.05, 3.63) is 34.0 Å². The van der Waals surface area contributed by atoms with Crippen molar-refractivity contribution in [3.63, 3.8) is 0 Å². The maximum absolute atomic E-state index is 3.66. The summed E-state index contributed by atoms with van der Waals surface area (Å²) in [5.74, 6) is 0. The van der Waals surface area contributed by atoms with Crippen LogP contribution >= 0.6 is 11.3 Å². The highest BCUT2D eigenvalue weighted by atomic mass is 32.1. The molecule has 0 saturated carbocycles. The van der Waals surface area contributed by atoms with E-state index in [1.165, 1.54) is 22.6 Å². The van der Waals surface area contributed by atoms with Gasteiger partial charge in [-0.15, -0.1) is 11.3 Å². The minimum atomic E-state index is 0.499. The van der Waals surface area contributed by atoms with E-state index in [0.29, 0.717) is 12.1 Å². The van der Waals surface area contributed by atoms with Gasteiger partial charge in [-0.25, -0.2) is 0 Å². The highest BCUT2D eigenvalue weighted by Gasteiger charge is 2.14. The number of aryl methyl sites for hydroxylation is 1. The quantitative estimate of drug-likeness (QED) is 0.749. The number of thiophene rings is 1. The van der Waals surface area contributed by atoms with Gasteiger partial charge in [0.1, 0.15) is 0 Å². The monoisotopic (exact) mass is 207 g/mol. The number of rotatable bonds is 3. The molecule has 2 rings (SSSR count). The molecule has 0 spiro atoms. The highest BCUT2D eigenvalue weighted by Crippen LogP contribution is 2.24. The molecule has 0 aliphatic heterocycles. The van der Waals surface area contributed by atoms with Crippen molar-refractivity contribution in [2.45, 2.75) is 38.8 Å². The lowest BCUT2D eigenvalue weighted by Crippen LogP contribution is -2.28. The molecular formula is C12H17NS. The third kappa shape index (κ3) is 2.25. The molecule has 0 aromatic carbocycles. The van der Waals surface area contributed by atoms with Gasteiger partial charge in [0.15, 0.2) is 0 Å². The number of hydrogen-bond donors (Lipinski definition) is 1. The minimum Gasteiger partial charge on any atom is -0.306 e. The van der Waals surface area contributed by atoms with Crippen molar-refractivity contribution in [1.29, 1.82) is 0 Å². The van der Waals surface area contributed by atoms with E-state index in [2.05, 4.69) is 43.4 Å². The molecule has 14 heavy (non-hydrogen) atoms. The number of hydrogen-bond acceptors (Lipinski definition) is 2. The van der Waals surface area contributed by atoms with Crippen LogP contribution in [0.3, 0.4) is 0 Å². The van der Waals surface area contributed by atoms with Gasteiger partial charge in [0, 0.05) is 21.8 Å². The van der Waals surface area contributed by atoms with E-state index >= 15 is 0 Å². The Bertz CT molecular complexity index is 319. The molecule has 0 bridgehead atoms. The molecule has 76 valence electrons. The fourth-order valence-corrected chi connectivity index (χ4v) is 2.76. The Morgan fingerprint density at radius 2 is 2.07 bits per heavy atom. The van der Waals surface area contributed by atoms with Gasteiger partial charge in [-0.1, -0.05) is 12.2 Å². The molecule has 1 atom stereocenters. The van der Waals surface area contributed by atoms with Crippen LogP contribution in [0.1, 0.15) is 35.6 Å². The molecule has 0 amide bonds. The summed E-state index contributed by atoms with van der Waals surface area (Å²) in [6.07, 6.45) is 6.91. The van der Waals surface area contributed by atoms with Gasteiger partial charge < -0.3 is 5.32 Å². The SMILES string of the molecule is Cc1ccc(C(C)NC2CC=CC2)s1. The van der Waals surface area contributed by atoms with Gasteiger partial charge in [0.05, 0.1) is 0 Å². The predicted octanol–water partition coefficient (Wildman–Crippen LogP) is 3.43. The first-order valence-electron chi connectivity index (χ1n) is 5.23. The summed E-state index contributed by atoms with van der Waals surface area (Å²) in [6.45, 7) is 4.42. The van der Waals surface area contributed by atoms with Crippen molar-refractivity contribution >= 4 is 11.3 Å². The molecule has 1 heterocycles. The second-order valence-corrected chi connectivity index (χ2v) is 5.30. The average molecular weight is 207 g/mol. The minimum absolute atomic E-state index is 0.499. The molecular weight excluding hydrogens is 190 g/mol. The fourth-order valence-electron chi connectivity index (χ4n) is 1.88. The standard InChI is InChI=1S/C12H17NS/c1-9-7-8-12(14-9)10(2)13-11-5-3-4-6-11/h3-4,7-8,10-11,13H,5-6H2,1-2H3. The van der Waals surface area contributed by atoms with Crippen LogP contribution in [0, 0.1) is 6.92 Å². The van der Waals surface area contributed by atoms with Crippen LogP contribution < -0.4 is 5.32 Å². The topological polar surface area (TPSA) is 12.0 Å². The summed E-state index contributed by atoms with van der Waals surface area (Å²) in [4.78, 5) is 2.85. The van der Waals surface area contributed by atoms with E-state index in [4.69, 9.17) is 0 Å². The van der Waals surface area contributed by atoms with Crippen molar-refractivity contribution in [2.24, 2.45) is 0 Å². The van der Waals surface area contributed by atoms with Gasteiger partial charge in [0.25, 0.3) is 0 Å². The summed E-state index contributed by atoms with van der Waals surface area (Å²) in [5.41, 5.74) is 0. The lowest BCUT2D eigenvalue weighted by atomic mass is 10.2. The smallest absolute Gasteiger partial charge is 0.0388 e. The molecule has 0 saturated heterocycles. The normalized spacial score (nSPS) is 19.0. The Kier molecular flexibility index (Phi) is 3.04. The van der Waals surface area contributed by atoms with E-state index in [1.807, 2.05) is 11.3 Å². The van der Waals surface area contributed by atoms with E-state index in [-0.39, 0.29) is 0 Å². The Hall–Kier alpha value is -0.600. The molecule has 1 aliphatic carbocycles. The third-order valence-electron chi connectivity index (χ3n) is 2.68. The highest BCUT2D eigenvalue weighted by molar-refractivity contribution is 7.12. The molecule has 0 radical (unpaired) electrons. The van der Waals surface area contributed by atoms with Crippen molar-refractivity contribution in [1.82, 2.24) is 5.32 Å². The summed E-state index contributed by atoms with van der Waals surface area (Å²) in [6, 6.07) is 5.59. The van der Waals surface area contributed by atoms with Crippen LogP contribution in [0.5, 0.6) is 0 Å². The Morgan fingerprint density at radius 1 is 1.36 bits per heavy atom. The largest absolute Gasteiger partial charge is 0.306 e. The third-order valence-corrected chi connectivity index (χ3v) is 3.86. The second kappa shape index (κ2) is 4.28. The first kappa shape index (κ1) is 9.94. The molecule has 1 aromatic rings. The second-order valence-electron chi connectivity index (χ2n) is 3.98. The molecule has 1 N–H and O–H groups in total. The van der Waals surface area contributed by atoms with Crippen LogP contribution in [-0.4, -0.2) is 6.04 Å². The van der Waals surface area contributed by atoms with Crippen molar-refractivity contribution < 1.29 is 0 Å². The average Bonchev–Trinajstić information content (AvgIpc) is 2.75. The zero-order chi connectivity index (χ0) is 9.97. The lowest BCUT2D eigenvalue weighted by Gasteiger charge is -2.17. The summed E-state index contributed by atoms with van der Waals surface area (Å²) >= 11 is 1.90. The van der Waals surface area contributed by atoms with Gasteiger partial charge in [-0.3, -0.25) is 0 Å². The maximum atomic E-state index is 3.66. The molecule has 2 heteroatoms. The van der Waals surface area contributed by atoms with Crippen LogP contribution in [0.15, 0.2) is 24.3 Å². The van der Waals surface area contributed by atoms with Gasteiger partial charge in [-0.2, -0.15) is 0 Å². The maximum Gasteiger partial charge on any atom is 0.0388 e. The molecule has 1 nitrogen and oxygen atoms in total.